The van der Waals surface area contributed by atoms with E-state index in [2.05, 4.69) is 69.0 Å². The molecule has 0 bridgehead atoms. The number of methoxy groups -OCH3 is 1. The Balaban J connectivity index is 1.56. The molecule has 1 aliphatic heterocycles. The Hall–Kier alpha value is -4.89. The number of aromatic amines is 1. The zero-order valence-corrected chi connectivity index (χ0v) is 25.4. The lowest BCUT2D eigenvalue weighted by molar-refractivity contribution is -0.111. The first-order chi connectivity index (χ1) is 20.8. The second-order valence-corrected chi connectivity index (χ2v) is 11.2. The molecule has 43 heavy (non-hydrogen) atoms. The van der Waals surface area contributed by atoms with Gasteiger partial charge in [-0.3, -0.25) is 4.79 Å². The van der Waals surface area contributed by atoms with Crippen molar-refractivity contribution in [3.8, 4) is 39.4 Å². The Morgan fingerprint density at radius 1 is 1.02 bits per heavy atom. The zero-order valence-electron chi connectivity index (χ0n) is 25.4. The van der Waals surface area contributed by atoms with Gasteiger partial charge in [-0.15, -0.1) is 0 Å². The maximum atomic E-state index is 12.3. The van der Waals surface area contributed by atoms with Gasteiger partial charge in [0.2, 0.25) is 5.91 Å². The number of benzene rings is 2. The van der Waals surface area contributed by atoms with E-state index in [1.807, 2.05) is 43.8 Å². The lowest BCUT2D eigenvalue weighted by atomic mass is 9.95. The highest BCUT2D eigenvalue weighted by atomic mass is 16.5. The molecule has 9 heteroatoms. The molecule has 2 aromatic carbocycles. The monoisotopic (exact) mass is 575 g/mol. The third-order valence-corrected chi connectivity index (χ3v) is 8.46. The standard InChI is InChI=1S/C34H37N7O2/c1-7-28(42)37-27-18-24(9-8-21(27)2)29-30-33(43-6)26(31-22(3)40(5)20-36-31)19-35-34(30)38-32(29)23-10-12-25(13-11-23)41-16-14-39(4)15-17-41/h7-13,18-20H,1,14-17H2,2-6H3,(H,35,38)(H,37,42). The molecule has 9 nitrogen and oxygen atoms in total. The molecule has 5 aromatic rings. The van der Waals surface area contributed by atoms with Crippen LogP contribution < -0.4 is 15.0 Å². The predicted octanol–water partition coefficient (Wildman–Crippen LogP) is 5.80. The Bertz CT molecular complexity index is 1830. The molecule has 1 aliphatic rings. The zero-order chi connectivity index (χ0) is 30.2. The minimum atomic E-state index is -0.258. The van der Waals surface area contributed by atoms with Crippen molar-refractivity contribution >= 4 is 28.3 Å². The van der Waals surface area contributed by atoms with Crippen molar-refractivity contribution < 1.29 is 9.53 Å². The topological polar surface area (TPSA) is 91.3 Å². The van der Waals surface area contributed by atoms with Gasteiger partial charge in [0, 0.05) is 62.1 Å². The van der Waals surface area contributed by atoms with E-state index in [0.29, 0.717) is 11.4 Å². The molecule has 220 valence electrons. The van der Waals surface area contributed by atoms with Gasteiger partial charge in [0.25, 0.3) is 0 Å². The van der Waals surface area contributed by atoms with E-state index in [1.54, 1.807) is 13.4 Å². The average molecular weight is 576 g/mol. The van der Waals surface area contributed by atoms with Crippen molar-refractivity contribution in [3.63, 3.8) is 0 Å². The van der Waals surface area contributed by atoms with E-state index < -0.39 is 0 Å². The first-order valence-corrected chi connectivity index (χ1v) is 14.4. The van der Waals surface area contributed by atoms with E-state index in [9.17, 15) is 4.79 Å². The highest BCUT2D eigenvalue weighted by molar-refractivity contribution is 6.09. The summed E-state index contributed by atoms with van der Waals surface area (Å²) in [5.41, 5.74) is 10.1. The summed E-state index contributed by atoms with van der Waals surface area (Å²) in [4.78, 5) is 30.2. The number of carbonyl (C=O) groups excluding carboxylic acids is 1. The van der Waals surface area contributed by atoms with Crippen molar-refractivity contribution in [3.05, 3.63) is 78.9 Å². The highest BCUT2D eigenvalue weighted by Gasteiger charge is 2.25. The first kappa shape index (κ1) is 28.2. The number of rotatable bonds is 7. The van der Waals surface area contributed by atoms with Gasteiger partial charge in [0.15, 0.2) is 0 Å². The summed E-state index contributed by atoms with van der Waals surface area (Å²) < 4.78 is 8.11. The summed E-state index contributed by atoms with van der Waals surface area (Å²) in [5, 5.41) is 3.81. The molecular formula is C34H37N7O2. The number of nitrogens with zero attached hydrogens (tertiary/aromatic N) is 5. The van der Waals surface area contributed by atoms with Crippen LogP contribution in [0.4, 0.5) is 11.4 Å². The summed E-state index contributed by atoms with van der Waals surface area (Å²) in [5.74, 6) is 0.432. The molecule has 0 aliphatic carbocycles. The van der Waals surface area contributed by atoms with Crippen LogP contribution in [0.5, 0.6) is 5.75 Å². The molecule has 0 saturated carbocycles. The minimum absolute atomic E-state index is 0.258. The molecule has 1 amide bonds. The quantitative estimate of drug-likeness (QED) is 0.239. The number of hydrogen-bond donors (Lipinski definition) is 2. The molecule has 1 saturated heterocycles. The van der Waals surface area contributed by atoms with Gasteiger partial charge in [-0.2, -0.15) is 0 Å². The minimum Gasteiger partial charge on any atom is -0.495 e. The van der Waals surface area contributed by atoms with E-state index in [-0.39, 0.29) is 5.91 Å². The summed E-state index contributed by atoms with van der Waals surface area (Å²) in [6.45, 7) is 11.7. The second-order valence-electron chi connectivity index (χ2n) is 11.2. The summed E-state index contributed by atoms with van der Waals surface area (Å²) in [6, 6.07) is 14.8. The van der Waals surface area contributed by atoms with Gasteiger partial charge in [-0.05, 0) is 61.9 Å². The molecule has 0 radical (unpaired) electrons. The van der Waals surface area contributed by atoms with Crippen LogP contribution in [0.25, 0.3) is 44.7 Å². The van der Waals surface area contributed by atoms with Crippen LogP contribution in [0, 0.1) is 13.8 Å². The Morgan fingerprint density at radius 3 is 2.40 bits per heavy atom. The predicted molar refractivity (Wildman–Crippen MR) is 174 cm³/mol. The number of amides is 1. The number of aryl methyl sites for hydroxylation is 2. The lowest BCUT2D eigenvalue weighted by Gasteiger charge is -2.34. The lowest BCUT2D eigenvalue weighted by Crippen LogP contribution is -2.44. The van der Waals surface area contributed by atoms with E-state index in [1.165, 1.54) is 11.8 Å². The number of H-pyrrole nitrogens is 1. The number of piperazine rings is 1. The normalized spacial score (nSPS) is 13.8. The number of anilines is 2. The fourth-order valence-electron chi connectivity index (χ4n) is 5.77. The molecule has 4 heterocycles. The van der Waals surface area contributed by atoms with E-state index >= 15 is 0 Å². The van der Waals surface area contributed by atoms with Crippen molar-refractivity contribution in [2.45, 2.75) is 13.8 Å². The number of likely N-dealkylation sites (N-methyl/N-ethyl adjacent to an activating group) is 1. The summed E-state index contributed by atoms with van der Waals surface area (Å²) >= 11 is 0. The molecule has 0 unspecified atom stereocenters. The van der Waals surface area contributed by atoms with Gasteiger partial charge in [0.05, 0.1) is 35.8 Å². The van der Waals surface area contributed by atoms with Gasteiger partial charge in [0.1, 0.15) is 11.4 Å². The van der Waals surface area contributed by atoms with Gasteiger partial charge in [-0.1, -0.05) is 30.8 Å². The average Bonchev–Trinajstić information content (AvgIpc) is 3.57. The van der Waals surface area contributed by atoms with Crippen LogP contribution in [0.2, 0.25) is 0 Å². The third kappa shape index (κ3) is 5.17. The number of imidazole rings is 1. The van der Waals surface area contributed by atoms with Crippen molar-refractivity contribution in [1.29, 1.82) is 0 Å². The Labute approximate surface area is 251 Å². The third-order valence-electron chi connectivity index (χ3n) is 8.46. The van der Waals surface area contributed by atoms with Gasteiger partial charge < -0.3 is 29.4 Å². The van der Waals surface area contributed by atoms with E-state index in [0.717, 1.165) is 82.2 Å². The number of hydrogen-bond acceptors (Lipinski definition) is 6. The molecule has 0 atom stereocenters. The van der Waals surface area contributed by atoms with Gasteiger partial charge in [-0.25, -0.2) is 9.97 Å². The maximum absolute atomic E-state index is 12.3. The van der Waals surface area contributed by atoms with Crippen LogP contribution in [-0.4, -0.2) is 70.7 Å². The molecule has 3 aromatic heterocycles. The van der Waals surface area contributed by atoms with E-state index in [4.69, 9.17) is 9.72 Å². The number of fused-ring (bicyclic) bond motifs is 1. The molecule has 6 rings (SSSR count). The largest absolute Gasteiger partial charge is 0.495 e. The fraction of sp³-hybridized carbons (Fsp3) is 0.265. The van der Waals surface area contributed by atoms with Crippen LogP contribution >= 0.6 is 0 Å². The number of nitrogens with one attached hydrogen (secondary N) is 2. The van der Waals surface area contributed by atoms with Crippen molar-refractivity contribution in [2.24, 2.45) is 7.05 Å². The van der Waals surface area contributed by atoms with Crippen molar-refractivity contribution in [2.75, 3.05) is 50.6 Å². The number of pyridine rings is 1. The number of carbonyl (C=O) groups is 1. The van der Waals surface area contributed by atoms with Crippen LogP contribution in [-0.2, 0) is 11.8 Å². The molecule has 0 spiro atoms. The second kappa shape index (κ2) is 11.4. The molecule has 1 fully saturated rings. The summed E-state index contributed by atoms with van der Waals surface area (Å²) in [6.07, 6.45) is 4.90. The molecular weight excluding hydrogens is 538 g/mol. The Kier molecular flexibility index (Phi) is 7.50. The van der Waals surface area contributed by atoms with Crippen LogP contribution in [0.1, 0.15) is 11.3 Å². The number of ether oxygens (including phenoxy) is 1. The first-order valence-electron chi connectivity index (χ1n) is 14.4. The van der Waals surface area contributed by atoms with Crippen LogP contribution in [0.15, 0.2) is 67.6 Å². The number of aromatic nitrogens is 4. The summed E-state index contributed by atoms with van der Waals surface area (Å²) in [7, 11) is 5.82. The van der Waals surface area contributed by atoms with Crippen molar-refractivity contribution in [1.82, 2.24) is 24.4 Å². The van der Waals surface area contributed by atoms with Gasteiger partial charge >= 0.3 is 0 Å². The molecule has 2 N–H and O–H groups in total. The Morgan fingerprint density at radius 2 is 1.74 bits per heavy atom. The fourth-order valence-corrected chi connectivity index (χ4v) is 5.77. The smallest absolute Gasteiger partial charge is 0.247 e. The van der Waals surface area contributed by atoms with Crippen LogP contribution in [0.3, 0.4) is 0 Å². The SMILES string of the molecule is C=CC(=O)Nc1cc(-c2c(-c3ccc(N4CCN(C)CC4)cc3)[nH]c3ncc(-c4ncn(C)c4C)c(OC)c23)ccc1C. The maximum Gasteiger partial charge on any atom is 0.247 e. The highest BCUT2D eigenvalue weighted by Crippen LogP contribution is 2.46.